The highest BCUT2D eigenvalue weighted by Gasteiger charge is 2.03. The van der Waals surface area contributed by atoms with Crippen LogP contribution in [0.15, 0.2) is 24.3 Å². The highest BCUT2D eigenvalue weighted by atomic mass is 32.2. The van der Waals surface area contributed by atoms with Crippen LogP contribution in [0, 0.1) is 5.82 Å². The molecule has 17 heavy (non-hydrogen) atoms. The topological polar surface area (TPSA) is 37.3 Å². The van der Waals surface area contributed by atoms with Crippen LogP contribution in [-0.2, 0) is 10.5 Å². The molecule has 1 N–H and O–H groups in total. The van der Waals surface area contributed by atoms with Gasteiger partial charge in [-0.25, -0.2) is 9.18 Å². The molecule has 0 heterocycles. The number of rotatable bonds is 5. The van der Waals surface area contributed by atoms with E-state index in [4.69, 9.17) is 5.11 Å². The summed E-state index contributed by atoms with van der Waals surface area (Å²) < 4.78 is 13.4. The molecule has 0 bridgehead atoms. The smallest absolute Gasteiger partial charge is 0.328 e. The van der Waals surface area contributed by atoms with Crippen molar-refractivity contribution in [1.82, 2.24) is 0 Å². The fraction of sp³-hybridized carbons (Fsp3) is 0.308. The van der Waals surface area contributed by atoms with Crippen LogP contribution in [0.3, 0.4) is 0 Å². The fourth-order valence-corrected chi connectivity index (χ4v) is 1.94. The Bertz CT molecular complexity index is 427. The number of hydrogen-bond donors (Lipinski definition) is 1. The summed E-state index contributed by atoms with van der Waals surface area (Å²) in [5, 5.41) is 9.01. The van der Waals surface area contributed by atoms with Crippen molar-refractivity contribution in [3.8, 4) is 0 Å². The van der Waals surface area contributed by atoms with Gasteiger partial charge in [0.1, 0.15) is 5.82 Å². The normalized spacial score (nSPS) is 11.3. The molecule has 0 fully saturated rings. The predicted molar refractivity (Wildman–Crippen MR) is 69.5 cm³/mol. The molecule has 0 saturated heterocycles. The van der Waals surface area contributed by atoms with Crippen molar-refractivity contribution in [3.63, 3.8) is 0 Å². The zero-order valence-corrected chi connectivity index (χ0v) is 10.6. The first-order valence-corrected chi connectivity index (χ1v) is 6.35. The fourth-order valence-electron chi connectivity index (χ4n) is 1.23. The molecule has 0 spiro atoms. The lowest BCUT2D eigenvalue weighted by atomic mass is 10.1. The van der Waals surface area contributed by atoms with Crippen LogP contribution in [-0.4, -0.2) is 16.3 Å². The van der Waals surface area contributed by atoms with Gasteiger partial charge in [0.25, 0.3) is 0 Å². The largest absolute Gasteiger partial charge is 0.478 e. The van der Waals surface area contributed by atoms with Gasteiger partial charge in [-0.1, -0.05) is 19.9 Å². The van der Waals surface area contributed by atoms with Crippen molar-refractivity contribution in [3.05, 3.63) is 41.2 Å². The Hall–Kier alpha value is -1.29. The molecule has 92 valence electrons. The summed E-state index contributed by atoms with van der Waals surface area (Å²) in [4.78, 5) is 10.4. The van der Waals surface area contributed by atoms with E-state index in [-0.39, 0.29) is 0 Å². The summed E-state index contributed by atoms with van der Waals surface area (Å²) in [6.07, 6.45) is 2.22. The first kappa shape index (κ1) is 13.8. The molecule has 1 rings (SSSR count). The molecule has 1 aromatic carbocycles. The zero-order valence-electron chi connectivity index (χ0n) is 9.81. The van der Waals surface area contributed by atoms with Gasteiger partial charge in [-0.15, -0.1) is 0 Å². The zero-order chi connectivity index (χ0) is 12.8. The third-order valence-electron chi connectivity index (χ3n) is 2.05. The number of thioether (sulfide) groups is 1. The van der Waals surface area contributed by atoms with Gasteiger partial charge in [0.2, 0.25) is 0 Å². The molecule has 0 aromatic heterocycles. The van der Waals surface area contributed by atoms with E-state index in [0.29, 0.717) is 10.8 Å². The van der Waals surface area contributed by atoms with Gasteiger partial charge < -0.3 is 5.11 Å². The van der Waals surface area contributed by atoms with Crippen LogP contribution in [0.2, 0.25) is 0 Å². The van der Waals surface area contributed by atoms with Gasteiger partial charge in [-0.05, 0) is 29.0 Å². The first-order valence-electron chi connectivity index (χ1n) is 5.30. The van der Waals surface area contributed by atoms with Crippen LogP contribution >= 0.6 is 11.8 Å². The van der Waals surface area contributed by atoms with E-state index >= 15 is 0 Å². The van der Waals surface area contributed by atoms with Gasteiger partial charge in [-0.3, -0.25) is 0 Å². The van der Waals surface area contributed by atoms with Gasteiger partial charge >= 0.3 is 5.97 Å². The molecule has 0 unspecified atom stereocenters. The van der Waals surface area contributed by atoms with Gasteiger partial charge in [0.15, 0.2) is 0 Å². The Morgan fingerprint density at radius 2 is 2.24 bits per heavy atom. The van der Waals surface area contributed by atoms with Gasteiger partial charge in [0, 0.05) is 17.4 Å². The number of halogens is 1. The van der Waals surface area contributed by atoms with E-state index in [9.17, 15) is 9.18 Å². The molecule has 0 aliphatic heterocycles. The Morgan fingerprint density at radius 3 is 2.82 bits per heavy atom. The molecule has 0 aliphatic carbocycles. The average Bonchev–Trinajstić information content (AvgIpc) is 2.26. The van der Waals surface area contributed by atoms with Crippen LogP contribution in [0.1, 0.15) is 25.0 Å². The van der Waals surface area contributed by atoms with Crippen molar-refractivity contribution < 1.29 is 14.3 Å². The van der Waals surface area contributed by atoms with Crippen molar-refractivity contribution >= 4 is 23.8 Å². The number of benzene rings is 1. The van der Waals surface area contributed by atoms with E-state index in [1.165, 1.54) is 12.1 Å². The van der Waals surface area contributed by atoms with Crippen LogP contribution in [0.4, 0.5) is 4.39 Å². The molecular formula is C13H15FO2S. The van der Waals surface area contributed by atoms with E-state index in [1.54, 1.807) is 23.9 Å². The summed E-state index contributed by atoms with van der Waals surface area (Å²) >= 11 is 1.76. The number of carboxylic acid groups (broad SMARTS) is 1. The number of carboxylic acids is 1. The molecule has 0 amide bonds. The number of hydrogen-bond acceptors (Lipinski definition) is 2. The van der Waals surface area contributed by atoms with Crippen LogP contribution in [0.5, 0.6) is 0 Å². The minimum atomic E-state index is -1.08. The quantitative estimate of drug-likeness (QED) is 0.816. The first-order chi connectivity index (χ1) is 7.99. The summed E-state index contributed by atoms with van der Waals surface area (Å²) in [7, 11) is 0. The molecule has 4 heteroatoms. The minimum Gasteiger partial charge on any atom is -0.478 e. The number of aliphatic carboxylic acids is 1. The third kappa shape index (κ3) is 5.04. The molecule has 0 radical (unpaired) electrons. The predicted octanol–water partition coefficient (Wildman–Crippen LogP) is 3.57. The Morgan fingerprint density at radius 1 is 1.53 bits per heavy atom. The number of carbonyl (C=O) groups is 1. The lowest BCUT2D eigenvalue weighted by Crippen LogP contribution is -1.92. The average molecular weight is 254 g/mol. The maximum absolute atomic E-state index is 13.4. The Labute approximate surface area is 105 Å². The van der Waals surface area contributed by atoms with Crippen molar-refractivity contribution in [2.24, 2.45) is 0 Å². The summed E-state index contributed by atoms with van der Waals surface area (Å²) in [6.45, 7) is 4.19. The molecule has 0 saturated carbocycles. The Kier molecular flexibility index (Phi) is 5.22. The SMILES string of the molecule is CC(C)SCc1ccc(F)c(/C=C/C(=O)O)c1. The van der Waals surface area contributed by atoms with E-state index in [0.717, 1.165) is 17.4 Å². The second-order valence-electron chi connectivity index (χ2n) is 3.89. The second-order valence-corrected chi connectivity index (χ2v) is 5.45. The summed E-state index contributed by atoms with van der Waals surface area (Å²) in [5.74, 6) is -0.682. The molecular weight excluding hydrogens is 239 g/mol. The monoisotopic (exact) mass is 254 g/mol. The van der Waals surface area contributed by atoms with Crippen LogP contribution < -0.4 is 0 Å². The lowest BCUT2D eigenvalue weighted by Gasteiger charge is -2.06. The van der Waals surface area contributed by atoms with Gasteiger partial charge in [0.05, 0.1) is 0 Å². The van der Waals surface area contributed by atoms with E-state index in [2.05, 4.69) is 13.8 Å². The van der Waals surface area contributed by atoms with E-state index in [1.807, 2.05) is 0 Å². The summed E-state index contributed by atoms with van der Waals surface area (Å²) in [6, 6.07) is 4.78. The highest BCUT2D eigenvalue weighted by Crippen LogP contribution is 2.20. The van der Waals surface area contributed by atoms with E-state index < -0.39 is 11.8 Å². The third-order valence-corrected chi connectivity index (χ3v) is 3.22. The minimum absolute atomic E-state index is 0.314. The lowest BCUT2D eigenvalue weighted by molar-refractivity contribution is -0.131. The van der Waals surface area contributed by atoms with Gasteiger partial charge in [-0.2, -0.15) is 11.8 Å². The maximum atomic E-state index is 13.4. The van der Waals surface area contributed by atoms with Crippen molar-refractivity contribution in [2.75, 3.05) is 0 Å². The Balaban J connectivity index is 2.82. The summed E-state index contributed by atoms with van der Waals surface area (Å²) in [5.41, 5.74) is 1.31. The molecule has 0 aliphatic rings. The van der Waals surface area contributed by atoms with Crippen molar-refractivity contribution in [1.29, 1.82) is 0 Å². The van der Waals surface area contributed by atoms with Crippen molar-refractivity contribution in [2.45, 2.75) is 24.9 Å². The maximum Gasteiger partial charge on any atom is 0.328 e. The molecule has 0 atom stereocenters. The highest BCUT2D eigenvalue weighted by molar-refractivity contribution is 7.99. The molecule has 2 nitrogen and oxygen atoms in total. The standard InChI is InChI=1S/C13H15FO2S/c1-9(2)17-8-10-3-5-12(14)11(7-10)4-6-13(15)16/h3-7,9H,8H2,1-2H3,(H,15,16)/b6-4+. The second kappa shape index (κ2) is 6.45. The molecule has 1 aromatic rings. The van der Waals surface area contributed by atoms with Crippen LogP contribution in [0.25, 0.3) is 6.08 Å².